The summed E-state index contributed by atoms with van der Waals surface area (Å²) in [7, 11) is 0. The molecule has 5 heteroatoms. The number of hydrogen-bond acceptors (Lipinski definition) is 4. The number of aryl methyl sites for hydroxylation is 2. The van der Waals surface area contributed by atoms with E-state index in [9.17, 15) is 4.79 Å². The Balaban J connectivity index is 2.44. The monoisotopic (exact) mass is 230 g/mol. The van der Waals surface area contributed by atoms with Gasteiger partial charge in [-0.05, 0) is 19.9 Å². The van der Waals surface area contributed by atoms with Crippen molar-refractivity contribution in [1.82, 2.24) is 14.5 Å². The fourth-order valence-electron chi connectivity index (χ4n) is 1.71. The first-order chi connectivity index (χ1) is 8.08. The van der Waals surface area contributed by atoms with Gasteiger partial charge in [-0.3, -0.25) is 9.36 Å². The number of rotatable bonds is 2. The van der Waals surface area contributed by atoms with Crippen LogP contribution in [-0.4, -0.2) is 14.5 Å². The number of nitrogens with two attached hydrogens (primary N) is 1. The molecule has 5 nitrogen and oxygen atoms in total. The van der Waals surface area contributed by atoms with Crippen LogP contribution in [0.2, 0.25) is 0 Å². The van der Waals surface area contributed by atoms with Crippen LogP contribution < -0.4 is 11.3 Å². The molecular formula is C12H14N4O. The van der Waals surface area contributed by atoms with Crippen molar-refractivity contribution in [2.45, 2.75) is 20.4 Å². The normalized spacial score (nSPS) is 10.5. The Morgan fingerprint density at radius 2 is 2.18 bits per heavy atom. The van der Waals surface area contributed by atoms with E-state index in [4.69, 9.17) is 5.73 Å². The average Bonchev–Trinajstić information content (AvgIpc) is 2.25. The van der Waals surface area contributed by atoms with Gasteiger partial charge in [0.25, 0.3) is 5.56 Å². The molecule has 0 aliphatic rings. The maximum Gasteiger partial charge on any atom is 0.254 e. The summed E-state index contributed by atoms with van der Waals surface area (Å²) >= 11 is 0. The van der Waals surface area contributed by atoms with Crippen molar-refractivity contribution in [3.05, 3.63) is 51.8 Å². The fraction of sp³-hybridized carbons (Fsp3) is 0.250. The number of hydrogen-bond donors (Lipinski definition) is 1. The molecular weight excluding hydrogens is 216 g/mol. The van der Waals surface area contributed by atoms with Gasteiger partial charge in [0.15, 0.2) is 0 Å². The summed E-state index contributed by atoms with van der Waals surface area (Å²) in [5.41, 5.74) is 7.23. The van der Waals surface area contributed by atoms with Crippen LogP contribution in [0.3, 0.4) is 0 Å². The first-order valence-corrected chi connectivity index (χ1v) is 5.32. The Morgan fingerprint density at radius 1 is 1.41 bits per heavy atom. The lowest BCUT2D eigenvalue weighted by atomic mass is 10.2. The van der Waals surface area contributed by atoms with Gasteiger partial charge < -0.3 is 5.73 Å². The van der Waals surface area contributed by atoms with E-state index in [0.717, 1.165) is 11.3 Å². The smallest absolute Gasteiger partial charge is 0.254 e. The van der Waals surface area contributed by atoms with Gasteiger partial charge in [0.05, 0.1) is 6.54 Å². The molecule has 2 heterocycles. The van der Waals surface area contributed by atoms with E-state index >= 15 is 0 Å². The molecule has 2 aromatic heterocycles. The summed E-state index contributed by atoms with van der Waals surface area (Å²) in [4.78, 5) is 20.1. The lowest BCUT2D eigenvalue weighted by molar-refractivity contribution is 0.694. The minimum Gasteiger partial charge on any atom is -0.383 e. The largest absolute Gasteiger partial charge is 0.383 e. The Morgan fingerprint density at radius 3 is 2.82 bits per heavy atom. The van der Waals surface area contributed by atoms with Crippen molar-refractivity contribution in [3.63, 3.8) is 0 Å². The summed E-state index contributed by atoms with van der Waals surface area (Å²) in [5.74, 6) is 1.12. The first kappa shape index (κ1) is 11.3. The quantitative estimate of drug-likeness (QED) is 0.831. The lowest BCUT2D eigenvalue weighted by Gasteiger charge is -2.10. The minimum atomic E-state index is -0.0711. The molecule has 0 fully saturated rings. The van der Waals surface area contributed by atoms with Crippen molar-refractivity contribution >= 4 is 5.82 Å². The summed E-state index contributed by atoms with van der Waals surface area (Å²) in [6.07, 6.45) is 1.63. The van der Waals surface area contributed by atoms with Gasteiger partial charge in [0.1, 0.15) is 11.6 Å². The maximum atomic E-state index is 11.8. The van der Waals surface area contributed by atoms with Gasteiger partial charge in [-0.25, -0.2) is 9.97 Å². The second-order valence-electron chi connectivity index (χ2n) is 3.92. The standard InChI is InChI=1S/C12H14N4O/c1-8-6-11(17)16(9(2)15-8)7-10-4-3-5-14-12(10)13/h3-6H,7H2,1-2H3,(H2,13,14). The topological polar surface area (TPSA) is 73.8 Å². The molecule has 0 bridgehead atoms. The van der Waals surface area contributed by atoms with Gasteiger partial charge in [0.2, 0.25) is 0 Å². The van der Waals surface area contributed by atoms with Crippen LogP contribution in [0.15, 0.2) is 29.2 Å². The Hall–Kier alpha value is -2.17. The van der Waals surface area contributed by atoms with E-state index < -0.39 is 0 Å². The predicted octanol–water partition coefficient (Wildman–Crippen LogP) is 0.886. The van der Waals surface area contributed by atoms with E-state index in [1.54, 1.807) is 30.7 Å². The van der Waals surface area contributed by atoms with Crippen molar-refractivity contribution in [2.75, 3.05) is 5.73 Å². The van der Waals surface area contributed by atoms with E-state index in [1.807, 2.05) is 6.07 Å². The lowest BCUT2D eigenvalue weighted by Crippen LogP contribution is -2.24. The van der Waals surface area contributed by atoms with Crippen LogP contribution in [-0.2, 0) is 6.54 Å². The van der Waals surface area contributed by atoms with Gasteiger partial charge >= 0.3 is 0 Å². The van der Waals surface area contributed by atoms with E-state index in [-0.39, 0.29) is 5.56 Å². The second-order valence-corrected chi connectivity index (χ2v) is 3.92. The summed E-state index contributed by atoms with van der Waals surface area (Å²) in [6, 6.07) is 5.17. The van der Waals surface area contributed by atoms with Crippen LogP contribution in [0.4, 0.5) is 5.82 Å². The molecule has 0 saturated carbocycles. The molecule has 17 heavy (non-hydrogen) atoms. The average molecular weight is 230 g/mol. The van der Waals surface area contributed by atoms with Gasteiger partial charge in [-0.2, -0.15) is 0 Å². The number of pyridine rings is 1. The molecule has 0 aromatic carbocycles. The molecule has 0 saturated heterocycles. The molecule has 0 unspecified atom stereocenters. The van der Waals surface area contributed by atoms with Crippen molar-refractivity contribution in [3.8, 4) is 0 Å². The molecule has 0 spiro atoms. The Labute approximate surface area is 99.0 Å². The van der Waals surface area contributed by atoms with Crippen LogP contribution in [0.5, 0.6) is 0 Å². The van der Waals surface area contributed by atoms with Gasteiger partial charge in [-0.1, -0.05) is 6.07 Å². The van der Waals surface area contributed by atoms with Crippen molar-refractivity contribution in [2.24, 2.45) is 0 Å². The Kier molecular flexibility index (Phi) is 2.91. The molecule has 0 atom stereocenters. The van der Waals surface area contributed by atoms with Gasteiger partial charge in [-0.15, -0.1) is 0 Å². The molecule has 88 valence electrons. The van der Waals surface area contributed by atoms with Crippen molar-refractivity contribution < 1.29 is 0 Å². The number of nitrogen functional groups attached to an aromatic ring is 1. The molecule has 2 aromatic rings. The zero-order valence-electron chi connectivity index (χ0n) is 9.84. The molecule has 0 amide bonds. The Bertz CT molecular complexity index is 604. The number of aromatic nitrogens is 3. The molecule has 0 radical (unpaired) electrons. The third kappa shape index (κ3) is 2.33. The predicted molar refractivity (Wildman–Crippen MR) is 65.7 cm³/mol. The third-order valence-electron chi connectivity index (χ3n) is 2.58. The summed E-state index contributed by atoms with van der Waals surface area (Å²) in [6.45, 7) is 4.01. The zero-order valence-corrected chi connectivity index (χ0v) is 9.84. The van der Waals surface area contributed by atoms with E-state index in [2.05, 4.69) is 9.97 Å². The van der Waals surface area contributed by atoms with Crippen LogP contribution >= 0.6 is 0 Å². The number of nitrogens with zero attached hydrogens (tertiary/aromatic N) is 3. The van der Waals surface area contributed by atoms with Crippen LogP contribution in [0.1, 0.15) is 17.1 Å². The molecule has 0 aliphatic carbocycles. The zero-order chi connectivity index (χ0) is 12.4. The van der Waals surface area contributed by atoms with Crippen LogP contribution in [0, 0.1) is 13.8 Å². The highest BCUT2D eigenvalue weighted by Gasteiger charge is 2.06. The van der Waals surface area contributed by atoms with Gasteiger partial charge in [0, 0.05) is 23.5 Å². The second kappa shape index (κ2) is 4.37. The summed E-state index contributed by atoms with van der Waals surface area (Å²) < 4.78 is 1.58. The molecule has 0 aliphatic heterocycles. The highest BCUT2D eigenvalue weighted by molar-refractivity contribution is 5.38. The molecule has 2 rings (SSSR count). The van der Waals surface area contributed by atoms with E-state index in [0.29, 0.717) is 18.2 Å². The first-order valence-electron chi connectivity index (χ1n) is 5.32. The third-order valence-corrected chi connectivity index (χ3v) is 2.58. The fourth-order valence-corrected chi connectivity index (χ4v) is 1.71. The maximum absolute atomic E-state index is 11.8. The van der Waals surface area contributed by atoms with E-state index in [1.165, 1.54) is 6.07 Å². The molecule has 2 N–H and O–H groups in total. The summed E-state index contributed by atoms with van der Waals surface area (Å²) in [5, 5.41) is 0. The SMILES string of the molecule is Cc1cc(=O)n(Cc2cccnc2N)c(C)n1. The number of anilines is 1. The minimum absolute atomic E-state index is 0.0711. The van der Waals surface area contributed by atoms with Crippen LogP contribution in [0.25, 0.3) is 0 Å². The van der Waals surface area contributed by atoms with Crippen molar-refractivity contribution in [1.29, 1.82) is 0 Å². The highest BCUT2D eigenvalue weighted by atomic mass is 16.1. The highest BCUT2D eigenvalue weighted by Crippen LogP contribution is 2.08.